The molecule has 1 heterocycles. The van der Waals surface area contributed by atoms with Crippen LogP contribution in [-0.4, -0.2) is 21.5 Å². The first kappa shape index (κ1) is 17.4. The van der Waals surface area contributed by atoms with Gasteiger partial charge >= 0.3 is 0 Å². The van der Waals surface area contributed by atoms with Crippen molar-refractivity contribution >= 4 is 22.6 Å². The minimum Gasteiger partial charge on any atom is -0.340 e. The van der Waals surface area contributed by atoms with Crippen molar-refractivity contribution in [1.29, 1.82) is 5.26 Å². The highest BCUT2D eigenvalue weighted by Crippen LogP contribution is 2.21. The van der Waals surface area contributed by atoms with E-state index in [4.69, 9.17) is 0 Å². The van der Waals surface area contributed by atoms with Gasteiger partial charge in [0.1, 0.15) is 17.5 Å². The van der Waals surface area contributed by atoms with Gasteiger partial charge in [0.2, 0.25) is 0 Å². The second kappa shape index (κ2) is 7.23. The van der Waals surface area contributed by atoms with Crippen molar-refractivity contribution in [3.8, 4) is 6.07 Å². The van der Waals surface area contributed by atoms with Crippen molar-refractivity contribution in [3.63, 3.8) is 0 Å². The molecule has 26 heavy (non-hydrogen) atoms. The number of carbonyl (C=O) groups is 2. The molecule has 5 nitrogen and oxygen atoms in total. The highest BCUT2D eigenvalue weighted by Gasteiger charge is 2.24. The van der Waals surface area contributed by atoms with Gasteiger partial charge in [-0.1, -0.05) is 12.1 Å². The molecule has 0 radical (unpaired) electrons. The number of aromatic amines is 1. The van der Waals surface area contributed by atoms with Gasteiger partial charge in [-0.3, -0.25) is 9.59 Å². The van der Waals surface area contributed by atoms with Gasteiger partial charge in [0, 0.05) is 18.9 Å². The molecule has 2 aromatic carbocycles. The van der Waals surface area contributed by atoms with Gasteiger partial charge in [0.15, 0.2) is 17.5 Å². The Morgan fingerprint density at radius 2 is 1.92 bits per heavy atom. The van der Waals surface area contributed by atoms with Crippen molar-refractivity contribution < 1.29 is 18.4 Å². The molecule has 3 aromatic rings. The molecule has 1 aromatic heterocycles. The summed E-state index contributed by atoms with van der Waals surface area (Å²) in [6.45, 7) is 0. The number of nitrogens with zero attached hydrogens (tertiary/aromatic N) is 2. The lowest BCUT2D eigenvalue weighted by molar-refractivity contribution is -0.119. The number of halogens is 2. The van der Waals surface area contributed by atoms with E-state index in [0.717, 1.165) is 12.1 Å². The normalized spacial score (nSPS) is 11.9. The summed E-state index contributed by atoms with van der Waals surface area (Å²) in [5.74, 6) is -3.83. The van der Waals surface area contributed by atoms with Gasteiger partial charge in [0.05, 0.1) is 22.7 Å². The Labute approximate surface area is 147 Å². The van der Waals surface area contributed by atoms with E-state index in [1.165, 1.54) is 0 Å². The Morgan fingerprint density at radius 1 is 1.15 bits per heavy atom. The molecule has 130 valence electrons. The monoisotopic (exact) mass is 353 g/mol. The summed E-state index contributed by atoms with van der Waals surface area (Å²) in [4.78, 5) is 31.5. The number of hydrogen-bond donors (Lipinski definition) is 1. The van der Waals surface area contributed by atoms with E-state index >= 15 is 0 Å². The Morgan fingerprint density at radius 3 is 2.62 bits per heavy atom. The number of nitriles is 1. The second-order valence-electron chi connectivity index (χ2n) is 5.71. The molecule has 7 heteroatoms. The summed E-state index contributed by atoms with van der Waals surface area (Å²) in [5.41, 5.74) is 1.04. The smallest absolute Gasteiger partial charge is 0.166 e. The molecule has 1 unspecified atom stereocenters. The minimum absolute atomic E-state index is 0.208. The van der Waals surface area contributed by atoms with E-state index in [2.05, 4.69) is 9.97 Å². The van der Waals surface area contributed by atoms with Crippen LogP contribution in [0.2, 0.25) is 0 Å². The average molecular weight is 353 g/mol. The zero-order valence-electron chi connectivity index (χ0n) is 13.5. The highest BCUT2D eigenvalue weighted by atomic mass is 19.1. The molecule has 0 aliphatic heterocycles. The van der Waals surface area contributed by atoms with Crippen molar-refractivity contribution in [2.24, 2.45) is 0 Å². The molecule has 0 bridgehead atoms. The number of para-hydroxylation sites is 2. The van der Waals surface area contributed by atoms with Gasteiger partial charge in [-0.25, -0.2) is 13.8 Å². The highest BCUT2D eigenvalue weighted by molar-refractivity contribution is 5.99. The lowest BCUT2D eigenvalue weighted by Crippen LogP contribution is -2.14. The van der Waals surface area contributed by atoms with Crippen LogP contribution >= 0.6 is 0 Å². The third-order valence-corrected chi connectivity index (χ3v) is 3.96. The van der Waals surface area contributed by atoms with Crippen LogP contribution in [0.1, 0.15) is 34.9 Å². The van der Waals surface area contributed by atoms with Crippen LogP contribution in [0, 0.1) is 23.0 Å². The Hall–Kier alpha value is -3.40. The van der Waals surface area contributed by atoms with Gasteiger partial charge in [-0.05, 0) is 24.3 Å². The molecule has 3 rings (SSSR count). The molecule has 0 fully saturated rings. The molecular weight excluding hydrogens is 340 g/mol. The lowest BCUT2D eigenvalue weighted by atomic mass is 9.97. The van der Waals surface area contributed by atoms with E-state index in [1.807, 2.05) is 6.07 Å². The quantitative estimate of drug-likeness (QED) is 0.685. The van der Waals surface area contributed by atoms with Crippen LogP contribution in [0.3, 0.4) is 0 Å². The maximum Gasteiger partial charge on any atom is 0.166 e. The summed E-state index contributed by atoms with van der Waals surface area (Å²) in [6.07, 6.45) is -0.523. The van der Waals surface area contributed by atoms with E-state index in [0.29, 0.717) is 17.1 Å². The number of ketones is 2. The standard InChI is InChI=1S/C19H13F2N3O2/c20-11-5-6-12(14(21)9-11)17(25)7-8-18(26)13(10-22)19-23-15-3-1-2-4-16(15)24-19/h1-6,9,13H,7-8H2,(H,23,24). The molecular formula is C19H13F2N3O2. The Balaban J connectivity index is 1.71. The Kier molecular flexibility index (Phi) is 4.85. The fraction of sp³-hybridized carbons (Fsp3) is 0.158. The number of imidazole rings is 1. The molecule has 0 aliphatic carbocycles. The summed E-state index contributed by atoms with van der Waals surface area (Å²) in [7, 11) is 0. The van der Waals surface area contributed by atoms with Gasteiger partial charge in [0.25, 0.3) is 0 Å². The third kappa shape index (κ3) is 3.49. The van der Waals surface area contributed by atoms with E-state index in [-0.39, 0.29) is 24.2 Å². The van der Waals surface area contributed by atoms with Crippen LogP contribution in [0.5, 0.6) is 0 Å². The predicted octanol–water partition coefficient (Wildman–Crippen LogP) is 3.68. The topological polar surface area (TPSA) is 86.6 Å². The molecule has 0 saturated heterocycles. The number of fused-ring (bicyclic) bond motifs is 1. The summed E-state index contributed by atoms with van der Waals surface area (Å²) in [5, 5.41) is 9.31. The number of rotatable bonds is 6. The van der Waals surface area contributed by atoms with E-state index < -0.39 is 29.1 Å². The Bertz CT molecular complexity index is 1000. The predicted molar refractivity (Wildman–Crippen MR) is 89.4 cm³/mol. The van der Waals surface area contributed by atoms with Gasteiger partial charge < -0.3 is 4.98 Å². The SMILES string of the molecule is N#CC(C(=O)CCC(=O)c1ccc(F)cc1F)c1nc2ccccc2[nH]1. The van der Waals surface area contributed by atoms with Crippen molar-refractivity contribution in [3.05, 3.63) is 65.5 Å². The molecule has 1 atom stereocenters. The van der Waals surface area contributed by atoms with Crippen LogP contribution in [0.15, 0.2) is 42.5 Å². The minimum atomic E-state index is -1.15. The molecule has 0 spiro atoms. The van der Waals surface area contributed by atoms with Gasteiger partial charge in [-0.2, -0.15) is 5.26 Å². The van der Waals surface area contributed by atoms with Gasteiger partial charge in [-0.15, -0.1) is 0 Å². The maximum absolute atomic E-state index is 13.6. The van der Waals surface area contributed by atoms with Crippen LogP contribution in [0.25, 0.3) is 11.0 Å². The van der Waals surface area contributed by atoms with Crippen LogP contribution in [0.4, 0.5) is 8.78 Å². The molecule has 0 saturated carbocycles. The summed E-state index contributed by atoms with van der Waals surface area (Å²) >= 11 is 0. The second-order valence-corrected chi connectivity index (χ2v) is 5.71. The zero-order valence-corrected chi connectivity index (χ0v) is 13.5. The fourth-order valence-electron chi connectivity index (χ4n) is 2.63. The van der Waals surface area contributed by atoms with Crippen LogP contribution < -0.4 is 0 Å². The van der Waals surface area contributed by atoms with E-state index in [9.17, 15) is 23.6 Å². The maximum atomic E-state index is 13.6. The first-order chi connectivity index (χ1) is 12.5. The first-order valence-electron chi connectivity index (χ1n) is 7.85. The largest absolute Gasteiger partial charge is 0.340 e. The molecule has 0 amide bonds. The molecule has 0 aliphatic rings. The lowest BCUT2D eigenvalue weighted by Gasteiger charge is -2.06. The summed E-state index contributed by atoms with van der Waals surface area (Å²) in [6, 6.07) is 11.6. The third-order valence-electron chi connectivity index (χ3n) is 3.96. The first-order valence-corrected chi connectivity index (χ1v) is 7.85. The van der Waals surface area contributed by atoms with E-state index in [1.54, 1.807) is 24.3 Å². The number of carbonyl (C=O) groups excluding carboxylic acids is 2. The number of aromatic nitrogens is 2. The number of nitrogens with one attached hydrogen (secondary N) is 1. The average Bonchev–Trinajstić information content (AvgIpc) is 3.04. The summed E-state index contributed by atoms with van der Waals surface area (Å²) < 4.78 is 26.5. The van der Waals surface area contributed by atoms with Crippen LogP contribution in [-0.2, 0) is 4.79 Å². The zero-order chi connectivity index (χ0) is 18.7. The number of H-pyrrole nitrogens is 1. The number of benzene rings is 2. The molecule has 1 N–H and O–H groups in total. The number of Topliss-reactive ketones (excluding diaryl/α,β-unsaturated/α-hetero) is 2. The van der Waals surface area contributed by atoms with Crippen molar-refractivity contribution in [2.45, 2.75) is 18.8 Å². The van der Waals surface area contributed by atoms with Crippen molar-refractivity contribution in [1.82, 2.24) is 9.97 Å². The van der Waals surface area contributed by atoms with Crippen molar-refractivity contribution in [2.75, 3.05) is 0 Å². The fourth-order valence-corrected chi connectivity index (χ4v) is 2.63. The number of hydrogen-bond acceptors (Lipinski definition) is 4.